The van der Waals surface area contributed by atoms with Gasteiger partial charge < -0.3 is 5.32 Å². The quantitative estimate of drug-likeness (QED) is 0.765. The lowest BCUT2D eigenvalue weighted by Gasteiger charge is -2.20. The van der Waals surface area contributed by atoms with Gasteiger partial charge in [0.05, 0.1) is 10.9 Å². The van der Waals surface area contributed by atoms with E-state index in [4.69, 9.17) is 0 Å². The van der Waals surface area contributed by atoms with E-state index in [0.717, 1.165) is 24.0 Å². The van der Waals surface area contributed by atoms with Crippen molar-refractivity contribution in [1.82, 2.24) is 10.0 Å². The Labute approximate surface area is 161 Å². The van der Waals surface area contributed by atoms with Gasteiger partial charge >= 0.3 is 0 Å². The van der Waals surface area contributed by atoms with E-state index in [-0.39, 0.29) is 16.8 Å². The van der Waals surface area contributed by atoms with Gasteiger partial charge in [0, 0.05) is 12.1 Å². The summed E-state index contributed by atoms with van der Waals surface area (Å²) in [5, 5.41) is 3.13. The monoisotopic (exact) mass is 386 g/mol. The summed E-state index contributed by atoms with van der Waals surface area (Å²) < 4.78 is 27.0. The van der Waals surface area contributed by atoms with E-state index in [1.165, 1.54) is 17.7 Å². The number of sulfonamides is 1. The molecule has 6 heteroatoms. The molecule has 3 rings (SSSR count). The highest BCUT2D eigenvalue weighted by Crippen LogP contribution is 2.41. The van der Waals surface area contributed by atoms with Crippen LogP contribution in [0.3, 0.4) is 0 Å². The van der Waals surface area contributed by atoms with Crippen molar-refractivity contribution >= 4 is 15.9 Å². The standard InChI is InChI=1S/C21H26N2O3S/c1-4-22-27(25,26)18-12-7-15(3)19(13-18)21(24)23-20(17-10-11-17)16-8-5-14(2)6-9-16/h5-9,12-13,17,20,22H,4,10-11H2,1-3H3,(H,23,24). The molecule has 0 bridgehead atoms. The molecule has 27 heavy (non-hydrogen) atoms. The van der Waals surface area contributed by atoms with Gasteiger partial charge in [-0.05, 0) is 55.9 Å². The zero-order chi connectivity index (χ0) is 19.6. The first-order chi connectivity index (χ1) is 12.8. The second-order valence-corrected chi connectivity index (χ2v) is 8.94. The second kappa shape index (κ2) is 7.82. The van der Waals surface area contributed by atoms with Crippen molar-refractivity contribution in [3.8, 4) is 0 Å². The Morgan fingerprint density at radius 3 is 2.37 bits per heavy atom. The molecule has 0 saturated heterocycles. The predicted octanol–water partition coefficient (Wildman–Crippen LogP) is 3.48. The maximum atomic E-state index is 13.0. The first-order valence-electron chi connectivity index (χ1n) is 9.29. The molecular formula is C21H26N2O3S. The van der Waals surface area contributed by atoms with E-state index in [9.17, 15) is 13.2 Å². The Morgan fingerprint density at radius 1 is 1.11 bits per heavy atom. The summed E-state index contributed by atoms with van der Waals surface area (Å²) in [6, 6.07) is 12.8. The van der Waals surface area contributed by atoms with Crippen molar-refractivity contribution in [3.05, 3.63) is 64.7 Å². The maximum absolute atomic E-state index is 13.0. The molecule has 0 aromatic heterocycles. The number of carbonyl (C=O) groups is 1. The largest absolute Gasteiger partial charge is 0.345 e. The number of benzene rings is 2. The van der Waals surface area contributed by atoms with E-state index < -0.39 is 10.0 Å². The van der Waals surface area contributed by atoms with E-state index in [1.54, 1.807) is 13.0 Å². The van der Waals surface area contributed by atoms with Gasteiger partial charge in [-0.25, -0.2) is 13.1 Å². The molecule has 1 aliphatic rings. The molecule has 144 valence electrons. The van der Waals surface area contributed by atoms with Gasteiger partial charge in [-0.2, -0.15) is 0 Å². The summed E-state index contributed by atoms with van der Waals surface area (Å²) >= 11 is 0. The van der Waals surface area contributed by atoms with Crippen molar-refractivity contribution in [3.63, 3.8) is 0 Å². The fourth-order valence-electron chi connectivity index (χ4n) is 3.18. The van der Waals surface area contributed by atoms with Gasteiger partial charge in [-0.3, -0.25) is 4.79 Å². The molecule has 0 radical (unpaired) electrons. The number of hydrogen-bond acceptors (Lipinski definition) is 3. The molecule has 2 aromatic rings. The number of carbonyl (C=O) groups excluding carboxylic acids is 1. The van der Waals surface area contributed by atoms with Crippen LogP contribution in [0.2, 0.25) is 0 Å². The van der Waals surface area contributed by atoms with E-state index in [2.05, 4.69) is 22.2 Å². The molecule has 0 aliphatic heterocycles. The topological polar surface area (TPSA) is 75.3 Å². The van der Waals surface area contributed by atoms with Crippen LogP contribution in [0.5, 0.6) is 0 Å². The Bertz CT molecular complexity index is 932. The summed E-state index contributed by atoms with van der Waals surface area (Å²) in [6.45, 7) is 5.88. The zero-order valence-electron chi connectivity index (χ0n) is 16.0. The number of amides is 1. The van der Waals surface area contributed by atoms with Crippen LogP contribution in [0.1, 0.15) is 52.9 Å². The lowest BCUT2D eigenvalue weighted by molar-refractivity contribution is 0.0931. The third-order valence-corrected chi connectivity index (χ3v) is 6.46. The van der Waals surface area contributed by atoms with Crippen molar-refractivity contribution in [2.75, 3.05) is 6.54 Å². The van der Waals surface area contributed by atoms with Gasteiger partial charge in [0.25, 0.3) is 5.91 Å². The molecule has 2 N–H and O–H groups in total. The smallest absolute Gasteiger partial charge is 0.252 e. The fourth-order valence-corrected chi connectivity index (χ4v) is 4.25. The molecule has 1 atom stereocenters. The molecule has 1 aliphatic carbocycles. The molecule has 0 heterocycles. The molecule has 1 fully saturated rings. The third kappa shape index (κ3) is 4.57. The predicted molar refractivity (Wildman–Crippen MR) is 106 cm³/mol. The minimum absolute atomic E-state index is 0.0495. The second-order valence-electron chi connectivity index (χ2n) is 7.18. The highest BCUT2D eigenvalue weighted by atomic mass is 32.2. The Morgan fingerprint density at radius 2 is 1.78 bits per heavy atom. The molecule has 1 unspecified atom stereocenters. The van der Waals surface area contributed by atoms with Crippen LogP contribution in [0.15, 0.2) is 47.4 Å². The highest BCUT2D eigenvalue weighted by molar-refractivity contribution is 7.89. The van der Waals surface area contributed by atoms with Crippen LogP contribution >= 0.6 is 0 Å². The van der Waals surface area contributed by atoms with Crippen LogP contribution in [0, 0.1) is 19.8 Å². The van der Waals surface area contributed by atoms with Gasteiger partial charge in [0.15, 0.2) is 0 Å². The summed E-state index contributed by atoms with van der Waals surface area (Å²) in [5.41, 5.74) is 3.41. The average molecular weight is 387 g/mol. The normalized spacial score (nSPS) is 15.4. The summed E-state index contributed by atoms with van der Waals surface area (Å²) in [4.78, 5) is 13.1. The van der Waals surface area contributed by atoms with Crippen LogP contribution in [-0.4, -0.2) is 20.9 Å². The van der Waals surface area contributed by atoms with Crippen molar-refractivity contribution in [1.29, 1.82) is 0 Å². The Balaban J connectivity index is 1.87. The number of nitrogens with one attached hydrogen (secondary N) is 2. The molecule has 1 amide bonds. The SMILES string of the molecule is CCNS(=O)(=O)c1ccc(C)c(C(=O)NC(c2ccc(C)cc2)C2CC2)c1. The van der Waals surface area contributed by atoms with Gasteiger partial charge in [0.1, 0.15) is 0 Å². The average Bonchev–Trinajstić information content (AvgIpc) is 3.45. The lowest BCUT2D eigenvalue weighted by atomic mass is 10.00. The van der Waals surface area contributed by atoms with Crippen LogP contribution in [0.4, 0.5) is 0 Å². The van der Waals surface area contributed by atoms with E-state index in [1.807, 2.05) is 26.0 Å². The Kier molecular flexibility index (Phi) is 5.67. The summed E-state index contributed by atoms with van der Waals surface area (Å²) in [6.07, 6.45) is 2.18. The van der Waals surface area contributed by atoms with Crippen molar-refractivity contribution < 1.29 is 13.2 Å². The van der Waals surface area contributed by atoms with Crippen LogP contribution < -0.4 is 10.0 Å². The number of hydrogen-bond donors (Lipinski definition) is 2. The fraction of sp³-hybridized carbons (Fsp3) is 0.381. The zero-order valence-corrected chi connectivity index (χ0v) is 16.8. The molecule has 0 spiro atoms. The lowest BCUT2D eigenvalue weighted by Crippen LogP contribution is -2.31. The van der Waals surface area contributed by atoms with Gasteiger partial charge in [-0.15, -0.1) is 0 Å². The molecule has 1 saturated carbocycles. The number of rotatable bonds is 7. The summed E-state index contributed by atoms with van der Waals surface area (Å²) in [7, 11) is -3.60. The van der Waals surface area contributed by atoms with E-state index >= 15 is 0 Å². The number of aryl methyl sites for hydroxylation is 2. The third-order valence-electron chi connectivity index (χ3n) is 4.91. The first-order valence-corrected chi connectivity index (χ1v) is 10.8. The molecule has 5 nitrogen and oxygen atoms in total. The minimum atomic E-state index is -3.60. The van der Waals surface area contributed by atoms with Crippen LogP contribution in [-0.2, 0) is 10.0 Å². The first kappa shape index (κ1) is 19.6. The highest BCUT2D eigenvalue weighted by Gasteiger charge is 2.34. The Hall–Kier alpha value is -2.18. The minimum Gasteiger partial charge on any atom is -0.345 e. The van der Waals surface area contributed by atoms with Gasteiger partial charge in [-0.1, -0.05) is 42.8 Å². The maximum Gasteiger partial charge on any atom is 0.252 e. The summed E-state index contributed by atoms with van der Waals surface area (Å²) in [5.74, 6) is 0.198. The van der Waals surface area contributed by atoms with Crippen molar-refractivity contribution in [2.24, 2.45) is 5.92 Å². The van der Waals surface area contributed by atoms with Crippen molar-refractivity contribution in [2.45, 2.75) is 44.6 Å². The molecule has 2 aromatic carbocycles. The van der Waals surface area contributed by atoms with E-state index in [0.29, 0.717) is 18.0 Å². The van der Waals surface area contributed by atoms with Gasteiger partial charge in [0.2, 0.25) is 10.0 Å². The van der Waals surface area contributed by atoms with Crippen LogP contribution in [0.25, 0.3) is 0 Å². The molecular weight excluding hydrogens is 360 g/mol.